The van der Waals surface area contributed by atoms with Crippen LogP contribution >= 0.6 is 0 Å². The van der Waals surface area contributed by atoms with Gasteiger partial charge in [-0.3, -0.25) is 4.79 Å². The normalized spacial score (nSPS) is 22.0. The molecule has 3 nitrogen and oxygen atoms in total. The van der Waals surface area contributed by atoms with Gasteiger partial charge in [0, 0.05) is 6.42 Å². The second kappa shape index (κ2) is 7.80. The fraction of sp³-hybridized carbons (Fsp3) is 0.435. The Bertz CT molecular complexity index is 764. The van der Waals surface area contributed by atoms with Crippen molar-refractivity contribution in [1.82, 2.24) is 0 Å². The first-order valence-corrected chi connectivity index (χ1v) is 11.8. The van der Waals surface area contributed by atoms with Crippen molar-refractivity contribution in [2.45, 2.75) is 44.8 Å². The summed E-state index contributed by atoms with van der Waals surface area (Å²) < 4.78 is 26.9. The Balaban J connectivity index is 1.97. The molecule has 0 spiro atoms. The van der Waals surface area contributed by atoms with Crippen LogP contribution in [-0.4, -0.2) is 33.2 Å². The van der Waals surface area contributed by atoms with E-state index in [2.05, 4.69) is 45.0 Å². The van der Waals surface area contributed by atoms with Crippen LogP contribution in [0.5, 0.6) is 0 Å². The van der Waals surface area contributed by atoms with E-state index in [0.29, 0.717) is 0 Å². The Kier molecular flexibility index (Phi) is 5.78. The lowest BCUT2D eigenvalue weighted by molar-refractivity contribution is -0.146. The van der Waals surface area contributed by atoms with Crippen LogP contribution in [0.2, 0.25) is 5.04 Å². The Labute approximate surface area is 168 Å². The molecular weight excluding hydrogens is 371 g/mol. The standard InChI is InChI=1S/C23H29FO3Si/c1-5-26-21(25)20-16-23(20,24)17-27-28(22(2,3)4,18-12-8-6-9-13-18)19-14-10-7-11-15-19/h6-15,20H,5,16-17H2,1-4H3/t20-,23-/m0/s1. The smallest absolute Gasteiger partial charge is 0.312 e. The van der Waals surface area contributed by atoms with Crippen LogP contribution in [0.4, 0.5) is 4.39 Å². The highest BCUT2D eigenvalue weighted by molar-refractivity contribution is 6.99. The molecule has 2 atom stereocenters. The first kappa shape index (κ1) is 20.7. The highest BCUT2D eigenvalue weighted by Crippen LogP contribution is 2.49. The highest BCUT2D eigenvalue weighted by Gasteiger charge is 2.63. The van der Waals surface area contributed by atoms with Gasteiger partial charge in [0.05, 0.1) is 19.1 Å². The minimum atomic E-state index is -2.79. The summed E-state index contributed by atoms with van der Waals surface area (Å²) in [4.78, 5) is 12.0. The first-order valence-electron chi connectivity index (χ1n) is 9.85. The first-order chi connectivity index (χ1) is 13.2. The van der Waals surface area contributed by atoms with Crippen LogP contribution in [0.3, 0.4) is 0 Å². The minimum absolute atomic E-state index is 0.0935. The van der Waals surface area contributed by atoms with Gasteiger partial charge in [-0.1, -0.05) is 81.4 Å². The van der Waals surface area contributed by atoms with Crippen LogP contribution in [0.1, 0.15) is 34.1 Å². The average Bonchev–Trinajstić information content (AvgIpc) is 3.35. The van der Waals surface area contributed by atoms with E-state index in [-0.39, 0.29) is 24.7 Å². The van der Waals surface area contributed by atoms with Crippen molar-refractivity contribution in [1.29, 1.82) is 0 Å². The molecule has 28 heavy (non-hydrogen) atoms. The second-order valence-electron chi connectivity index (χ2n) is 8.50. The van der Waals surface area contributed by atoms with E-state index in [1.165, 1.54) is 0 Å². The molecule has 1 fully saturated rings. The van der Waals surface area contributed by atoms with E-state index in [0.717, 1.165) is 10.4 Å². The van der Waals surface area contributed by atoms with Gasteiger partial charge in [0.25, 0.3) is 8.32 Å². The molecule has 3 rings (SSSR count). The molecule has 2 aromatic carbocycles. The Morgan fingerprint density at radius 1 is 1.07 bits per heavy atom. The summed E-state index contributed by atoms with van der Waals surface area (Å²) in [5.74, 6) is -1.18. The molecule has 0 unspecified atom stereocenters. The number of hydrogen-bond acceptors (Lipinski definition) is 3. The molecule has 1 saturated carbocycles. The average molecular weight is 401 g/mol. The van der Waals surface area contributed by atoms with E-state index in [1.807, 2.05) is 36.4 Å². The quantitative estimate of drug-likeness (QED) is 0.523. The Hall–Kier alpha value is -1.98. The van der Waals surface area contributed by atoms with E-state index in [4.69, 9.17) is 9.16 Å². The zero-order valence-corrected chi connectivity index (χ0v) is 18.1. The zero-order chi connectivity index (χ0) is 20.4. The van der Waals surface area contributed by atoms with Gasteiger partial charge in [-0.25, -0.2) is 4.39 Å². The van der Waals surface area contributed by atoms with Crippen LogP contribution in [-0.2, 0) is 14.0 Å². The third kappa shape index (κ3) is 3.78. The van der Waals surface area contributed by atoms with Crippen LogP contribution in [0.15, 0.2) is 60.7 Å². The van der Waals surface area contributed by atoms with Gasteiger partial charge in [0.15, 0.2) is 0 Å². The van der Waals surface area contributed by atoms with E-state index < -0.39 is 25.9 Å². The maximum atomic E-state index is 15.3. The molecule has 0 bridgehead atoms. The molecule has 2 aromatic rings. The van der Waals surface area contributed by atoms with Gasteiger partial charge in [-0.15, -0.1) is 0 Å². The number of halogens is 1. The predicted octanol–water partition coefficient (Wildman–Crippen LogP) is 3.85. The fourth-order valence-electron chi connectivity index (χ4n) is 3.97. The van der Waals surface area contributed by atoms with Crippen LogP contribution < -0.4 is 10.4 Å². The minimum Gasteiger partial charge on any atom is -0.466 e. The van der Waals surface area contributed by atoms with E-state index >= 15 is 4.39 Å². The summed E-state index contributed by atoms with van der Waals surface area (Å²) in [5.41, 5.74) is -1.64. The number of benzene rings is 2. The fourth-order valence-corrected chi connectivity index (χ4v) is 8.58. The number of alkyl halides is 1. The largest absolute Gasteiger partial charge is 0.466 e. The second-order valence-corrected chi connectivity index (χ2v) is 12.8. The van der Waals surface area contributed by atoms with Crippen molar-refractivity contribution in [3.05, 3.63) is 60.7 Å². The molecule has 0 radical (unpaired) electrons. The Morgan fingerprint density at radius 2 is 1.57 bits per heavy atom. The molecular formula is C23H29FO3Si. The summed E-state index contributed by atoms with van der Waals surface area (Å²) in [6.07, 6.45) is 0.171. The topological polar surface area (TPSA) is 35.5 Å². The van der Waals surface area contributed by atoms with Gasteiger partial charge < -0.3 is 9.16 Å². The number of rotatable bonds is 7. The molecule has 0 saturated heterocycles. The summed E-state index contributed by atoms with van der Waals surface area (Å²) in [5, 5.41) is 1.98. The van der Waals surface area contributed by atoms with Gasteiger partial charge in [-0.05, 0) is 22.3 Å². The van der Waals surface area contributed by atoms with Crippen LogP contribution in [0, 0.1) is 5.92 Å². The molecule has 5 heteroatoms. The van der Waals surface area contributed by atoms with Crippen molar-refractivity contribution >= 4 is 24.7 Å². The predicted molar refractivity (Wildman–Crippen MR) is 112 cm³/mol. The molecule has 1 aliphatic carbocycles. The summed E-state index contributed by atoms with van der Waals surface area (Å²) in [6, 6.07) is 20.2. The molecule has 0 amide bonds. The molecule has 0 heterocycles. The lowest BCUT2D eigenvalue weighted by Gasteiger charge is -2.43. The highest BCUT2D eigenvalue weighted by atomic mass is 28.4. The van der Waals surface area contributed by atoms with Gasteiger partial charge in [0.2, 0.25) is 0 Å². The molecule has 150 valence electrons. The molecule has 1 aliphatic rings. The number of esters is 1. The van der Waals surface area contributed by atoms with Crippen molar-refractivity contribution in [3.63, 3.8) is 0 Å². The number of ether oxygens (including phenoxy) is 1. The van der Waals surface area contributed by atoms with Crippen molar-refractivity contribution in [2.75, 3.05) is 13.2 Å². The summed E-state index contributed by atoms with van der Waals surface area (Å²) in [7, 11) is -2.79. The van der Waals surface area contributed by atoms with Crippen molar-refractivity contribution in [3.8, 4) is 0 Å². The maximum absolute atomic E-state index is 15.3. The Morgan fingerprint density at radius 3 is 2.00 bits per heavy atom. The maximum Gasteiger partial charge on any atom is 0.312 e. The third-order valence-electron chi connectivity index (χ3n) is 5.52. The monoisotopic (exact) mass is 400 g/mol. The number of carbonyl (C=O) groups excluding carboxylic acids is 1. The van der Waals surface area contributed by atoms with E-state index in [1.54, 1.807) is 6.92 Å². The van der Waals surface area contributed by atoms with Gasteiger partial charge >= 0.3 is 5.97 Å². The lowest BCUT2D eigenvalue weighted by atomic mass is 10.2. The summed E-state index contributed by atoms with van der Waals surface area (Å²) >= 11 is 0. The van der Waals surface area contributed by atoms with Gasteiger partial charge in [-0.2, -0.15) is 0 Å². The molecule has 0 aromatic heterocycles. The van der Waals surface area contributed by atoms with Gasteiger partial charge in [0.1, 0.15) is 5.67 Å². The lowest BCUT2D eigenvalue weighted by Crippen LogP contribution is -2.67. The summed E-state index contributed by atoms with van der Waals surface area (Å²) in [6.45, 7) is 8.36. The molecule has 0 aliphatic heterocycles. The SMILES string of the molecule is CCOC(=O)[C@@H]1C[C@]1(F)CO[Si](c1ccccc1)(c1ccccc1)C(C)(C)C. The molecule has 0 N–H and O–H groups in total. The van der Waals surface area contributed by atoms with Crippen molar-refractivity contribution < 1.29 is 18.3 Å². The third-order valence-corrected chi connectivity index (χ3v) is 10.5. The zero-order valence-electron chi connectivity index (χ0n) is 17.1. The van der Waals surface area contributed by atoms with Crippen LogP contribution in [0.25, 0.3) is 0 Å². The number of hydrogen-bond donors (Lipinski definition) is 0. The van der Waals surface area contributed by atoms with E-state index in [9.17, 15) is 4.79 Å². The van der Waals surface area contributed by atoms with Crippen molar-refractivity contribution in [2.24, 2.45) is 5.92 Å². The number of carbonyl (C=O) groups is 1.